The van der Waals surface area contributed by atoms with Crippen LogP contribution in [0.1, 0.15) is 12.8 Å². The van der Waals surface area contributed by atoms with E-state index >= 15 is 0 Å². The highest BCUT2D eigenvalue weighted by molar-refractivity contribution is 5.93. The predicted octanol–water partition coefficient (Wildman–Crippen LogP) is 0.196. The van der Waals surface area contributed by atoms with Crippen LogP contribution in [0.3, 0.4) is 0 Å². The second-order valence-electron chi connectivity index (χ2n) is 4.05. The van der Waals surface area contributed by atoms with Crippen molar-refractivity contribution in [2.24, 2.45) is 5.92 Å². The number of nitrogens with zero attached hydrogens (tertiary/aromatic N) is 1. The number of hydrogen-bond acceptors (Lipinski definition) is 3. The lowest BCUT2D eigenvalue weighted by Crippen LogP contribution is -2.45. The molecule has 0 spiro atoms. The molecule has 1 aliphatic heterocycles. The van der Waals surface area contributed by atoms with Crippen molar-refractivity contribution in [1.82, 2.24) is 4.90 Å². The van der Waals surface area contributed by atoms with Gasteiger partial charge in [0.1, 0.15) is 0 Å². The Morgan fingerprint density at radius 2 is 2.12 bits per heavy atom. The molecule has 0 radical (unpaired) electrons. The van der Waals surface area contributed by atoms with Gasteiger partial charge in [0.2, 0.25) is 5.91 Å². The number of carbonyl (C=O) groups is 2. The number of alkyl halides is 1. The molecule has 0 aliphatic carbocycles. The molecule has 0 unspecified atom stereocenters. The summed E-state index contributed by atoms with van der Waals surface area (Å²) in [6.45, 7) is 0.106. The number of carbonyl (C=O) groups excluding carboxylic acids is 1. The van der Waals surface area contributed by atoms with Crippen molar-refractivity contribution < 1.29 is 24.2 Å². The van der Waals surface area contributed by atoms with Gasteiger partial charge in [-0.25, -0.2) is 4.79 Å². The Hall–Kier alpha value is -1.43. The first-order valence-electron chi connectivity index (χ1n) is 5.48. The zero-order chi connectivity index (χ0) is 12.8. The number of likely N-dealkylation sites (tertiary alicyclic amines) is 1. The van der Waals surface area contributed by atoms with Crippen LogP contribution < -0.4 is 0 Å². The fraction of sp³-hybridized carbons (Fsp3) is 0.636. The van der Waals surface area contributed by atoms with Gasteiger partial charge in [0.25, 0.3) is 0 Å². The molecule has 6 heteroatoms. The van der Waals surface area contributed by atoms with Crippen LogP contribution in [0.5, 0.6) is 0 Å². The summed E-state index contributed by atoms with van der Waals surface area (Å²) in [5.74, 6) is -1.87. The van der Waals surface area contributed by atoms with Crippen LogP contribution in [0.15, 0.2) is 12.2 Å². The molecule has 1 amide bonds. The zero-order valence-corrected chi connectivity index (χ0v) is 9.38. The first kappa shape index (κ1) is 13.6. The highest BCUT2D eigenvalue weighted by Crippen LogP contribution is 2.20. The Balaban J connectivity index is 2.55. The largest absolute Gasteiger partial charge is 0.478 e. The van der Waals surface area contributed by atoms with E-state index in [9.17, 15) is 19.1 Å². The van der Waals surface area contributed by atoms with Crippen LogP contribution in [0.25, 0.3) is 0 Å². The highest BCUT2D eigenvalue weighted by atomic mass is 19.1. The average Bonchev–Trinajstić information content (AvgIpc) is 2.29. The number of carboxylic acids is 1. The van der Waals surface area contributed by atoms with Gasteiger partial charge < -0.3 is 15.1 Å². The highest BCUT2D eigenvalue weighted by Gasteiger charge is 2.29. The smallest absolute Gasteiger partial charge is 0.328 e. The van der Waals surface area contributed by atoms with Crippen molar-refractivity contribution in [3.8, 4) is 0 Å². The number of carboxylic acid groups (broad SMARTS) is 1. The Bertz CT molecular complexity index is 319. The van der Waals surface area contributed by atoms with Crippen molar-refractivity contribution >= 4 is 11.9 Å². The number of halogens is 1. The summed E-state index contributed by atoms with van der Waals surface area (Å²) in [5.41, 5.74) is 0. The third kappa shape index (κ3) is 4.14. The first-order valence-corrected chi connectivity index (χ1v) is 5.48. The summed E-state index contributed by atoms with van der Waals surface area (Å²) in [5, 5.41) is 18.0. The molecule has 1 heterocycles. The molecule has 17 heavy (non-hydrogen) atoms. The third-order valence-electron chi connectivity index (χ3n) is 2.85. The molecule has 0 aromatic rings. The second-order valence-corrected chi connectivity index (χ2v) is 4.05. The van der Waals surface area contributed by atoms with Crippen LogP contribution in [0, 0.1) is 5.92 Å². The molecule has 1 fully saturated rings. The van der Waals surface area contributed by atoms with Crippen LogP contribution >= 0.6 is 0 Å². The minimum absolute atomic E-state index is 0.216. The maximum atomic E-state index is 12.2. The molecule has 1 rings (SSSR count). The molecular formula is C11H16FNO4. The Labute approximate surface area is 98.5 Å². The molecule has 2 N–H and O–H groups in total. The molecule has 0 aromatic carbocycles. The van der Waals surface area contributed by atoms with E-state index in [1.165, 1.54) is 4.90 Å². The summed E-state index contributed by atoms with van der Waals surface area (Å²) in [6, 6.07) is 0. The topological polar surface area (TPSA) is 77.8 Å². The van der Waals surface area contributed by atoms with Gasteiger partial charge in [0.15, 0.2) is 0 Å². The Kier molecular flexibility index (Phi) is 5.09. The van der Waals surface area contributed by atoms with Gasteiger partial charge in [-0.2, -0.15) is 0 Å². The van der Waals surface area contributed by atoms with Crippen molar-refractivity contribution in [2.45, 2.75) is 18.9 Å². The molecule has 5 nitrogen and oxygen atoms in total. The van der Waals surface area contributed by atoms with Crippen LogP contribution in [0.2, 0.25) is 0 Å². The monoisotopic (exact) mass is 245 g/mol. The molecule has 0 bridgehead atoms. The van der Waals surface area contributed by atoms with Gasteiger partial charge in [0.05, 0.1) is 12.8 Å². The summed E-state index contributed by atoms with van der Waals surface area (Å²) in [7, 11) is 0. The maximum absolute atomic E-state index is 12.2. The maximum Gasteiger partial charge on any atom is 0.328 e. The summed E-state index contributed by atoms with van der Waals surface area (Å²) < 4.78 is 12.2. The first-order chi connectivity index (χ1) is 8.04. The van der Waals surface area contributed by atoms with E-state index in [0.717, 1.165) is 12.2 Å². The molecule has 0 saturated carbocycles. The molecule has 1 saturated heterocycles. The van der Waals surface area contributed by atoms with E-state index in [-0.39, 0.29) is 18.9 Å². The van der Waals surface area contributed by atoms with Gasteiger partial charge >= 0.3 is 5.97 Å². The van der Waals surface area contributed by atoms with Crippen LogP contribution in [-0.4, -0.2) is 52.9 Å². The van der Waals surface area contributed by atoms with E-state index < -0.39 is 24.7 Å². The Morgan fingerprint density at radius 3 is 2.71 bits per heavy atom. The van der Waals surface area contributed by atoms with Gasteiger partial charge in [-0.1, -0.05) is 0 Å². The molecule has 0 aromatic heterocycles. The minimum Gasteiger partial charge on any atom is -0.478 e. The van der Waals surface area contributed by atoms with E-state index in [1.807, 2.05) is 0 Å². The standard InChI is InChI=1S/C11H16FNO4/c12-5-3-8-7-13(6-4-9(8)14)10(15)1-2-11(16)17/h1-2,8-9,14H,3-7H2,(H,16,17)/b2-1+/t8-,9-/m1/s1. The van der Waals surface area contributed by atoms with E-state index in [4.69, 9.17) is 5.11 Å². The van der Waals surface area contributed by atoms with E-state index in [2.05, 4.69) is 0 Å². The quantitative estimate of drug-likeness (QED) is 0.693. The second kappa shape index (κ2) is 6.34. The fourth-order valence-electron chi connectivity index (χ4n) is 1.89. The number of aliphatic hydroxyl groups is 1. The molecular weight excluding hydrogens is 229 g/mol. The van der Waals surface area contributed by atoms with Crippen molar-refractivity contribution in [1.29, 1.82) is 0 Å². The zero-order valence-electron chi connectivity index (χ0n) is 9.38. The van der Waals surface area contributed by atoms with Crippen LogP contribution in [-0.2, 0) is 9.59 Å². The van der Waals surface area contributed by atoms with Crippen molar-refractivity contribution in [3.63, 3.8) is 0 Å². The number of aliphatic hydroxyl groups excluding tert-OH is 1. The van der Waals surface area contributed by atoms with Crippen LogP contribution in [0.4, 0.5) is 4.39 Å². The summed E-state index contributed by atoms with van der Waals surface area (Å²) in [6.07, 6.45) is 1.79. The van der Waals surface area contributed by atoms with Gasteiger partial charge in [-0.05, 0) is 12.8 Å². The normalized spacial score (nSPS) is 25.2. The molecule has 1 aliphatic rings. The number of amides is 1. The molecule has 96 valence electrons. The predicted molar refractivity (Wildman–Crippen MR) is 58.1 cm³/mol. The Morgan fingerprint density at radius 1 is 1.41 bits per heavy atom. The number of aliphatic carboxylic acids is 1. The molecule has 2 atom stereocenters. The lowest BCUT2D eigenvalue weighted by Gasteiger charge is -2.35. The number of rotatable bonds is 4. The summed E-state index contributed by atoms with van der Waals surface area (Å²) in [4.78, 5) is 23.3. The van der Waals surface area contributed by atoms with Crippen molar-refractivity contribution in [2.75, 3.05) is 19.8 Å². The van der Waals surface area contributed by atoms with Gasteiger partial charge in [0, 0.05) is 31.2 Å². The van der Waals surface area contributed by atoms with Crippen molar-refractivity contribution in [3.05, 3.63) is 12.2 Å². The SMILES string of the molecule is O=C(O)/C=C/C(=O)N1CC[C@@H](O)[C@H](CCF)C1. The summed E-state index contributed by atoms with van der Waals surface area (Å²) >= 11 is 0. The lowest BCUT2D eigenvalue weighted by atomic mass is 9.92. The number of piperidine rings is 1. The van der Waals surface area contributed by atoms with Gasteiger partial charge in [-0.15, -0.1) is 0 Å². The lowest BCUT2D eigenvalue weighted by molar-refractivity contribution is -0.133. The average molecular weight is 245 g/mol. The van der Waals surface area contributed by atoms with Gasteiger partial charge in [-0.3, -0.25) is 9.18 Å². The number of hydrogen-bond donors (Lipinski definition) is 2. The van der Waals surface area contributed by atoms with E-state index in [0.29, 0.717) is 13.0 Å². The minimum atomic E-state index is -1.18. The van der Waals surface area contributed by atoms with E-state index in [1.54, 1.807) is 0 Å². The third-order valence-corrected chi connectivity index (χ3v) is 2.85. The fourth-order valence-corrected chi connectivity index (χ4v) is 1.89.